The van der Waals surface area contributed by atoms with Crippen molar-refractivity contribution in [1.82, 2.24) is 0 Å². The van der Waals surface area contributed by atoms with E-state index < -0.39 is 12.1 Å². The van der Waals surface area contributed by atoms with Gasteiger partial charge in [0, 0.05) is 16.2 Å². The van der Waals surface area contributed by atoms with Gasteiger partial charge in [-0.3, -0.25) is 0 Å². The highest BCUT2D eigenvalue weighted by Gasteiger charge is 2.15. The van der Waals surface area contributed by atoms with Crippen LogP contribution in [0.5, 0.6) is 5.75 Å². The number of carbonyl (C=O) groups is 1. The van der Waals surface area contributed by atoms with Gasteiger partial charge in [-0.05, 0) is 28.7 Å². The first-order valence-electron chi connectivity index (χ1n) is 5.08. The summed E-state index contributed by atoms with van der Waals surface area (Å²) < 4.78 is 5.75. The maximum Gasteiger partial charge on any atom is 0.339 e. The van der Waals surface area contributed by atoms with Gasteiger partial charge in [-0.15, -0.1) is 11.6 Å². The molecule has 1 aromatic rings. The molecule has 0 bridgehead atoms. The van der Waals surface area contributed by atoms with Crippen molar-refractivity contribution in [1.29, 1.82) is 0 Å². The maximum atomic E-state index is 11.0. The number of nitrogens with one attached hydrogen (secondary N) is 1. The van der Waals surface area contributed by atoms with Crippen LogP contribution in [0.4, 0.5) is 5.69 Å². The molecule has 100 valence electrons. The lowest BCUT2D eigenvalue weighted by molar-refractivity contribution is 0.0693. The number of rotatable bonds is 6. The van der Waals surface area contributed by atoms with E-state index in [0.29, 0.717) is 5.69 Å². The number of aromatic carboxylic acids is 1. The molecule has 1 unspecified atom stereocenters. The molecule has 0 amide bonds. The van der Waals surface area contributed by atoms with E-state index in [-0.39, 0.29) is 23.7 Å². The molecular weight excluding hydrogens is 372 g/mol. The Morgan fingerprint density at radius 3 is 2.78 bits per heavy atom. The van der Waals surface area contributed by atoms with Crippen LogP contribution in [0.1, 0.15) is 10.4 Å². The summed E-state index contributed by atoms with van der Waals surface area (Å²) in [5.74, 6) is -0.642. The number of methoxy groups -OCH3 is 1. The van der Waals surface area contributed by atoms with Crippen LogP contribution in [0, 0.1) is 3.57 Å². The molecule has 0 radical (unpaired) electrons. The standard InChI is InChI=1S/C11H13ClINO4/c1-18-10-3-9(14-5-6(15)4-12)8(13)2-7(10)11(16)17/h2-3,6,14-15H,4-5H2,1H3,(H,16,17). The van der Waals surface area contributed by atoms with Gasteiger partial charge in [0.05, 0.1) is 24.8 Å². The number of carboxylic acid groups (broad SMARTS) is 1. The largest absolute Gasteiger partial charge is 0.496 e. The molecule has 1 atom stereocenters. The summed E-state index contributed by atoms with van der Waals surface area (Å²) >= 11 is 7.50. The number of aliphatic hydroxyl groups excluding tert-OH is 1. The molecular formula is C11H13ClINO4. The molecule has 0 heterocycles. The smallest absolute Gasteiger partial charge is 0.339 e. The Bertz CT molecular complexity index is 441. The summed E-state index contributed by atoms with van der Waals surface area (Å²) in [6.45, 7) is 0.287. The second kappa shape index (κ2) is 7.01. The highest BCUT2D eigenvalue weighted by Crippen LogP contribution is 2.28. The number of benzene rings is 1. The van der Waals surface area contributed by atoms with E-state index in [2.05, 4.69) is 5.32 Å². The van der Waals surface area contributed by atoms with Crippen LogP contribution in [-0.2, 0) is 0 Å². The molecule has 7 heteroatoms. The zero-order chi connectivity index (χ0) is 13.7. The third-order valence-electron chi connectivity index (χ3n) is 2.23. The van der Waals surface area contributed by atoms with Crippen LogP contribution in [0.15, 0.2) is 12.1 Å². The number of carboxylic acids is 1. The first-order valence-corrected chi connectivity index (χ1v) is 6.69. The van der Waals surface area contributed by atoms with Crippen molar-refractivity contribution in [3.8, 4) is 5.75 Å². The molecule has 0 spiro atoms. The van der Waals surface area contributed by atoms with Crippen LogP contribution in [0.3, 0.4) is 0 Å². The van der Waals surface area contributed by atoms with Gasteiger partial charge in [0.15, 0.2) is 0 Å². The molecule has 3 N–H and O–H groups in total. The van der Waals surface area contributed by atoms with E-state index in [0.717, 1.165) is 3.57 Å². The second-order valence-corrected chi connectivity index (χ2v) is 5.00. The molecule has 0 saturated carbocycles. The molecule has 0 fully saturated rings. The van der Waals surface area contributed by atoms with Crippen LogP contribution in [0.25, 0.3) is 0 Å². The van der Waals surface area contributed by atoms with E-state index >= 15 is 0 Å². The summed E-state index contributed by atoms with van der Waals surface area (Å²) in [4.78, 5) is 11.0. The van der Waals surface area contributed by atoms with Gasteiger partial charge >= 0.3 is 5.97 Å². The summed E-state index contributed by atoms with van der Waals surface area (Å²) in [6.07, 6.45) is -0.660. The minimum Gasteiger partial charge on any atom is -0.496 e. The number of ether oxygens (including phenoxy) is 1. The minimum atomic E-state index is -1.04. The molecule has 0 aromatic heterocycles. The SMILES string of the molecule is COc1cc(NCC(O)CCl)c(I)cc1C(=O)O. The fourth-order valence-electron chi connectivity index (χ4n) is 1.31. The number of hydrogen-bond acceptors (Lipinski definition) is 4. The van der Waals surface area contributed by atoms with Crippen LogP contribution in [-0.4, -0.2) is 41.8 Å². The maximum absolute atomic E-state index is 11.0. The van der Waals surface area contributed by atoms with Crippen molar-refractivity contribution in [2.24, 2.45) is 0 Å². The Kier molecular flexibility index (Phi) is 5.97. The predicted octanol–water partition coefficient (Wildman–Crippen LogP) is 2.01. The molecule has 0 aliphatic heterocycles. The highest BCUT2D eigenvalue weighted by molar-refractivity contribution is 14.1. The Labute approximate surface area is 123 Å². The normalized spacial score (nSPS) is 12.0. The van der Waals surface area contributed by atoms with Gasteiger partial charge in [-0.25, -0.2) is 4.79 Å². The van der Waals surface area contributed by atoms with E-state index in [1.54, 1.807) is 6.07 Å². The van der Waals surface area contributed by atoms with Crippen molar-refractivity contribution in [3.05, 3.63) is 21.3 Å². The van der Waals surface area contributed by atoms with Gasteiger partial charge < -0.3 is 20.3 Å². The number of alkyl halides is 1. The van der Waals surface area contributed by atoms with Gasteiger partial charge in [0.1, 0.15) is 11.3 Å². The van der Waals surface area contributed by atoms with Crippen molar-refractivity contribution >= 4 is 45.8 Å². The van der Waals surface area contributed by atoms with E-state index in [1.807, 2.05) is 22.6 Å². The summed E-state index contributed by atoms with van der Waals surface area (Å²) in [6, 6.07) is 3.10. The summed E-state index contributed by atoms with van der Waals surface area (Å²) in [5, 5.41) is 21.4. The summed E-state index contributed by atoms with van der Waals surface area (Å²) in [7, 11) is 1.41. The Morgan fingerprint density at radius 2 is 2.28 bits per heavy atom. The third kappa shape index (κ3) is 3.89. The zero-order valence-electron chi connectivity index (χ0n) is 9.61. The van der Waals surface area contributed by atoms with E-state index in [1.165, 1.54) is 13.2 Å². The topological polar surface area (TPSA) is 78.8 Å². The lowest BCUT2D eigenvalue weighted by Gasteiger charge is -2.14. The molecule has 1 aromatic carbocycles. The summed E-state index contributed by atoms with van der Waals surface area (Å²) in [5.41, 5.74) is 0.798. The van der Waals surface area contributed by atoms with Crippen LogP contribution in [0.2, 0.25) is 0 Å². The van der Waals surface area contributed by atoms with Gasteiger partial charge in [0.2, 0.25) is 0 Å². The average molecular weight is 386 g/mol. The van der Waals surface area contributed by atoms with Gasteiger partial charge in [-0.2, -0.15) is 0 Å². The molecule has 5 nitrogen and oxygen atoms in total. The van der Waals surface area contributed by atoms with Gasteiger partial charge in [0.25, 0.3) is 0 Å². The molecule has 0 aliphatic rings. The Hall–Kier alpha value is -0.730. The monoisotopic (exact) mass is 385 g/mol. The van der Waals surface area contributed by atoms with E-state index in [4.69, 9.17) is 21.4 Å². The first kappa shape index (κ1) is 15.3. The van der Waals surface area contributed by atoms with Crippen LogP contribution >= 0.6 is 34.2 Å². The van der Waals surface area contributed by atoms with Crippen molar-refractivity contribution in [3.63, 3.8) is 0 Å². The number of aliphatic hydroxyl groups is 1. The Balaban J connectivity index is 2.97. The predicted molar refractivity (Wildman–Crippen MR) is 77.9 cm³/mol. The third-order valence-corrected chi connectivity index (χ3v) is 3.47. The quantitative estimate of drug-likeness (QED) is 0.516. The minimum absolute atomic E-state index is 0.102. The van der Waals surface area contributed by atoms with Gasteiger partial charge in [-0.1, -0.05) is 0 Å². The van der Waals surface area contributed by atoms with E-state index in [9.17, 15) is 9.90 Å². The highest BCUT2D eigenvalue weighted by atomic mass is 127. The fraction of sp³-hybridized carbons (Fsp3) is 0.364. The van der Waals surface area contributed by atoms with Crippen molar-refractivity contribution in [2.75, 3.05) is 24.9 Å². The second-order valence-electron chi connectivity index (χ2n) is 3.53. The lowest BCUT2D eigenvalue weighted by Crippen LogP contribution is -2.21. The molecule has 0 saturated heterocycles. The van der Waals surface area contributed by atoms with Crippen molar-refractivity contribution < 1.29 is 19.7 Å². The molecule has 1 rings (SSSR count). The molecule has 18 heavy (non-hydrogen) atoms. The first-order chi connectivity index (χ1) is 8.49. The number of halogens is 2. The fourth-order valence-corrected chi connectivity index (χ4v) is 2.07. The number of anilines is 1. The Morgan fingerprint density at radius 1 is 1.61 bits per heavy atom. The average Bonchev–Trinajstić information content (AvgIpc) is 2.36. The lowest BCUT2D eigenvalue weighted by atomic mass is 10.2. The number of hydrogen-bond donors (Lipinski definition) is 3. The van der Waals surface area contributed by atoms with Crippen molar-refractivity contribution in [2.45, 2.75) is 6.10 Å². The molecule has 0 aliphatic carbocycles. The zero-order valence-corrected chi connectivity index (χ0v) is 12.5. The van der Waals surface area contributed by atoms with Crippen LogP contribution < -0.4 is 10.1 Å².